The van der Waals surface area contributed by atoms with Gasteiger partial charge in [-0.3, -0.25) is 9.69 Å². The molecule has 0 aromatic rings. The molecule has 96 valence electrons. The molecule has 0 aromatic heterocycles. The number of carbonyl (C=O) groups is 1. The van der Waals surface area contributed by atoms with E-state index in [1.54, 1.807) is 6.08 Å². The van der Waals surface area contributed by atoms with Crippen LogP contribution in [0.15, 0.2) is 24.3 Å². The van der Waals surface area contributed by atoms with Crippen LogP contribution in [0.1, 0.15) is 20.8 Å². The standard InChI is InChI=1S/C14H24N2O/c1-4-5-6-7-14(17)16-10-8-15(9-11-16)12-13(2)3/h4-7,13H,8-12H2,1-3H3/b5-4+,7-6+. The SMILES string of the molecule is C/C=C/C=C/C(=O)N1CCN(CC(C)C)CC1. The molecule has 1 aliphatic heterocycles. The molecule has 1 aliphatic rings. The van der Waals surface area contributed by atoms with Crippen molar-refractivity contribution in [1.29, 1.82) is 0 Å². The Kier molecular flexibility index (Phi) is 5.98. The molecule has 0 saturated carbocycles. The van der Waals surface area contributed by atoms with Crippen LogP contribution in [0.2, 0.25) is 0 Å². The number of nitrogens with zero attached hydrogens (tertiary/aromatic N) is 2. The average Bonchev–Trinajstić information content (AvgIpc) is 2.29. The van der Waals surface area contributed by atoms with Crippen molar-refractivity contribution in [3.05, 3.63) is 24.3 Å². The number of rotatable bonds is 4. The molecule has 0 spiro atoms. The van der Waals surface area contributed by atoms with Gasteiger partial charge in [0, 0.05) is 38.8 Å². The molecule has 1 fully saturated rings. The van der Waals surface area contributed by atoms with Gasteiger partial charge < -0.3 is 4.90 Å². The maximum Gasteiger partial charge on any atom is 0.246 e. The largest absolute Gasteiger partial charge is 0.337 e. The summed E-state index contributed by atoms with van der Waals surface area (Å²) in [5.41, 5.74) is 0. The van der Waals surface area contributed by atoms with E-state index in [9.17, 15) is 4.79 Å². The highest BCUT2D eigenvalue weighted by Gasteiger charge is 2.19. The zero-order chi connectivity index (χ0) is 12.7. The molecule has 17 heavy (non-hydrogen) atoms. The van der Waals surface area contributed by atoms with Crippen molar-refractivity contribution in [3.63, 3.8) is 0 Å². The van der Waals surface area contributed by atoms with Crippen LogP contribution < -0.4 is 0 Å². The van der Waals surface area contributed by atoms with E-state index in [0.29, 0.717) is 5.92 Å². The number of piperazine rings is 1. The van der Waals surface area contributed by atoms with Gasteiger partial charge in [-0.1, -0.05) is 32.1 Å². The van der Waals surface area contributed by atoms with Gasteiger partial charge in [-0.25, -0.2) is 0 Å². The lowest BCUT2D eigenvalue weighted by atomic mass is 10.2. The van der Waals surface area contributed by atoms with Gasteiger partial charge in [-0.15, -0.1) is 0 Å². The lowest BCUT2D eigenvalue weighted by molar-refractivity contribution is -0.127. The Morgan fingerprint density at radius 2 is 1.82 bits per heavy atom. The summed E-state index contributed by atoms with van der Waals surface area (Å²) in [6.07, 6.45) is 7.26. The summed E-state index contributed by atoms with van der Waals surface area (Å²) in [5, 5.41) is 0. The fourth-order valence-electron chi connectivity index (χ4n) is 2.02. The summed E-state index contributed by atoms with van der Waals surface area (Å²) in [7, 11) is 0. The van der Waals surface area contributed by atoms with Gasteiger partial charge in [0.1, 0.15) is 0 Å². The fraction of sp³-hybridized carbons (Fsp3) is 0.643. The van der Waals surface area contributed by atoms with E-state index < -0.39 is 0 Å². The Balaban J connectivity index is 2.33. The molecular formula is C14H24N2O. The Hall–Kier alpha value is -1.09. The minimum atomic E-state index is 0.132. The lowest BCUT2D eigenvalue weighted by Gasteiger charge is -2.35. The first-order valence-electron chi connectivity index (χ1n) is 6.44. The monoisotopic (exact) mass is 236 g/mol. The topological polar surface area (TPSA) is 23.6 Å². The second kappa shape index (κ2) is 7.28. The summed E-state index contributed by atoms with van der Waals surface area (Å²) >= 11 is 0. The van der Waals surface area contributed by atoms with Crippen LogP contribution in [0, 0.1) is 5.92 Å². The summed E-state index contributed by atoms with van der Waals surface area (Å²) < 4.78 is 0. The molecule has 0 bridgehead atoms. The zero-order valence-corrected chi connectivity index (χ0v) is 11.2. The number of amides is 1. The van der Waals surface area contributed by atoms with Crippen molar-refractivity contribution in [2.45, 2.75) is 20.8 Å². The number of allylic oxidation sites excluding steroid dienone is 3. The quantitative estimate of drug-likeness (QED) is 0.550. The van der Waals surface area contributed by atoms with E-state index >= 15 is 0 Å². The van der Waals surface area contributed by atoms with Gasteiger partial charge >= 0.3 is 0 Å². The van der Waals surface area contributed by atoms with E-state index in [4.69, 9.17) is 0 Å². The summed E-state index contributed by atoms with van der Waals surface area (Å²) in [6, 6.07) is 0. The molecule has 0 aliphatic carbocycles. The lowest BCUT2D eigenvalue weighted by Crippen LogP contribution is -2.49. The molecule has 3 heteroatoms. The molecule has 1 rings (SSSR count). The second-order valence-electron chi connectivity index (χ2n) is 4.90. The number of hydrogen-bond acceptors (Lipinski definition) is 2. The predicted octanol–water partition coefficient (Wildman–Crippen LogP) is 1.92. The Morgan fingerprint density at radius 1 is 1.18 bits per heavy atom. The van der Waals surface area contributed by atoms with E-state index in [2.05, 4.69) is 18.7 Å². The minimum absolute atomic E-state index is 0.132. The number of hydrogen-bond donors (Lipinski definition) is 0. The van der Waals surface area contributed by atoms with Crippen LogP contribution in [0.5, 0.6) is 0 Å². The maximum absolute atomic E-state index is 11.8. The fourth-order valence-corrected chi connectivity index (χ4v) is 2.02. The summed E-state index contributed by atoms with van der Waals surface area (Å²) in [4.78, 5) is 16.2. The van der Waals surface area contributed by atoms with Gasteiger partial charge in [0.15, 0.2) is 0 Å². The van der Waals surface area contributed by atoms with Crippen LogP contribution in [0.25, 0.3) is 0 Å². The van der Waals surface area contributed by atoms with Crippen LogP contribution in [-0.4, -0.2) is 48.4 Å². The van der Waals surface area contributed by atoms with Crippen molar-refractivity contribution in [1.82, 2.24) is 9.80 Å². The van der Waals surface area contributed by atoms with Gasteiger partial charge in [0.05, 0.1) is 0 Å². The molecule has 1 heterocycles. The highest BCUT2D eigenvalue weighted by molar-refractivity contribution is 5.87. The normalized spacial score (nSPS) is 18.7. The molecular weight excluding hydrogens is 212 g/mol. The van der Waals surface area contributed by atoms with E-state index in [1.165, 1.54) is 0 Å². The number of carbonyl (C=O) groups excluding carboxylic acids is 1. The first-order valence-corrected chi connectivity index (χ1v) is 6.44. The van der Waals surface area contributed by atoms with Gasteiger partial charge in [0.2, 0.25) is 5.91 Å². The van der Waals surface area contributed by atoms with Crippen molar-refractivity contribution in [2.24, 2.45) is 5.92 Å². The second-order valence-corrected chi connectivity index (χ2v) is 4.90. The highest BCUT2D eigenvalue weighted by Crippen LogP contribution is 2.05. The molecule has 0 atom stereocenters. The maximum atomic E-state index is 11.8. The van der Waals surface area contributed by atoms with E-state index in [1.807, 2.05) is 30.1 Å². The Morgan fingerprint density at radius 3 is 2.35 bits per heavy atom. The third-order valence-corrected chi connectivity index (χ3v) is 2.85. The first kappa shape index (κ1) is 14.0. The summed E-state index contributed by atoms with van der Waals surface area (Å²) in [5.74, 6) is 0.833. The van der Waals surface area contributed by atoms with Crippen LogP contribution >= 0.6 is 0 Å². The molecule has 0 N–H and O–H groups in total. The molecule has 1 amide bonds. The minimum Gasteiger partial charge on any atom is -0.337 e. The van der Waals surface area contributed by atoms with Crippen molar-refractivity contribution >= 4 is 5.91 Å². The average molecular weight is 236 g/mol. The van der Waals surface area contributed by atoms with Gasteiger partial charge in [0.25, 0.3) is 0 Å². The van der Waals surface area contributed by atoms with Gasteiger partial charge in [-0.05, 0) is 12.8 Å². The third kappa shape index (κ3) is 5.18. The van der Waals surface area contributed by atoms with Gasteiger partial charge in [-0.2, -0.15) is 0 Å². The smallest absolute Gasteiger partial charge is 0.246 e. The molecule has 0 radical (unpaired) electrons. The Labute approximate surface area is 105 Å². The van der Waals surface area contributed by atoms with E-state index in [0.717, 1.165) is 32.7 Å². The highest BCUT2D eigenvalue weighted by atomic mass is 16.2. The van der Waals surface area contributed by atoms with Crippen molar-refractivity contribution in [2.75, 3.05) is 32.7 Å². The van der Waals surface area contributed by atoms with Crippen LogP contribution in [0.4, 0.5) is 0 Å². The first-order chi connectivity index (χ1) is 8.13. The molecule has 0 unspecified atom stereocenters. The van der Waals surface area contributed by atoms with Crippen LogP contribution in [0.3, 0.4) is 0 Å². The predicted molar refractivity (Wildman–Crippen MR) is 71.8 cm³/mol. The zero-order valence-electron chi connectivity index (χ0n) is 11.2. The Bertz CT molecular complexity index is 287. The molecule has 3 nitrogen and oxygen atoms in total. The third-order valence-electron chi connectivity index (χ3n) is 2.85. The van der Waals surface area contributed by atoms with Crippen molar-refractivity contribution in [3.8, 4) is 0 Å². The van der Waals surface area contributed by atoms with E-state index in [-0.39, 0.29) is 5.91 Å². The van der Waals surface area contributed by atoms with Crippen molar-refractivity contribution < 1.29 is 4.79 Å². The molecule has 1 saturated heterocycles. The summed E-state index contributed by atoms with van der Waals surface area (Å²) in [6.45, 7) is 11.3. The molecule has 0 aromatic carbocycles. The van der Waals surface area contributed by atoms with Crippen LogP contribution in [-0.2, 0) is 4.79 Å².